The summed E-state index contributed by atoms with van der Waals surface area (Å²) in [6.07, 6.45) is 4.91. The topological polar surface area (TPSA) is 59.9 Å². The van der Waals surface area contributed by atoms with E-state index < -0.39 is 5.91 Å². The van der Waals surface area contributed by atoms with Gasteiger partial charge in [0.15, 0.2) is 6.61 Å². The first-order valence-corrected chi connectivity index (χ1v) is 8.60. The first-order valence-electron chi connectivity index (χ1n) is 8.60. The van der Waals surface area contributed by atoms with Crippen molar-refractivity contribution in [3.05, 3.63) is 59.9 Å². The molecule has 5 nitrogen and oxygen atoms in total. The molecule has 0 unspecified atom stereocenters. The monoisotopic (exact) mass is 358 g/mol. The second kappa shape index (κ2) is 10.9. The van der Waals surface area contributed by atoms with Crippen LogP contribution in [0.15, 0.2) is 53.6 Å². The van der Waals surface area contributed by atoms with E-state index in [2.05, 4.69) is 17.5 Å². The minimum atomic E-state index is -0.401. The minimum absolute atomic E-state index is 0.201. The Bertz CT molecular complexity index is 700. The molecule has 0 spiro atoms. The number of hydrogen-bond acceptors (Lipinski definition) is 4. The highest BCUT2D eigenvalue weighted by Gasteiger charge is 2.01. The van der Waals surface area contributed by atoms with Gasteiger partial charge >= 0.3 is 0 Å². The van der Waals surface area contributed by atoms with E-state index in [0.717, 1.165) is 24.2 Å². The zero-order valence-corrected chi connectivity index (χ0v) is 14.8. The fraction of sp³-hybridized carbons (Fsp3) is 0.300. The summed E-state index contributed by atoms with van der Waals surface area (Å²) in [4.78, 5) is 11.7. The molecular weight excluding hydrogens is 335 g/mol. The van der Waals surface area contributed by atoms with Gasteiger partial charge in [-0.3, -0.25) is 4.79 Å². The molecular formula is C20H23FN2O3. The maximum Gasteiger partial charge on any atom is 0.277 e. The van der Waals surface area contributed by atoms with Gasteiger partial charge < -0.3 is 9.47 Å². The third-order valence-electron chi connectivity index (χ3n) is 3.48. The SMILES string of the molecule is CCCCCOc1ccc(/C=N\NC(=O)COc2ccc(F)cc2)cc1. The van der Waals surface area contributed by atoms with Gasteiger partial charge in [0, 0.05) is 0 Å². The average molecular weight is 358 g/mol. The summed E-state index contributed by atoms with van der Waals surface area (Å²) in [6.45, 7) is 2.67. The molecule has 0 bridgehead atoms. The molecule has 0 saturated carbocycles. The first-order chi connectivity index (χ1) is 12.7. The molecule has 0 fully saturated rings. The van der Waals surface area contributed by atoms with E-state index >= 15 is 0 Å². The van der Waals surface area contributed by atoms with Crippen LogP contribution in [0.2, 0.25) is 0 Å². The van der Waals surface area contributed by atoms with Crippen LogP contribution in [0.5, 0.6) is 11.5 Å². The maximum absolute atomic E-state index is 12.8. The molecule has 2 rings (SSSR count). The van der Waals surface area contributed by atoms with E-state index in [-0.39, 0.29) is 12.4 Å². The number of nitrogens with zero attached hydrogens (tertiary/aromatic N) is 1. The zero-order chi connectivity index (χ0) is 18.6. The highest BCUT2D eigenvalue weighted by molar-refractivity contribution is 5.83. The highest BCUT2D eigenvalue weighted by Crippen LogP contribution is 2.12. The Kier molecular flexibility index (Phi) is 8.12. The summed E-state index contributed by atoms with van der Waals surface area (Å²) in [5.41, 5.74) is 3.21. The molecule has 2 aromatic rings. The Hall–Kier alpha value is -2.89. The molecule has 0 radical (unpaired) electrons. The molecule has 0 saturated heterocycles. The van der Waals surface area contributed by atoms with Crippen LogP contribution in [0.3, 0.4) is 0 Å². The molecule has 6 heteroatoms. The van der Waals surface area contributed by atoms with Crippen LogP contribution in [0, 0.1) is 5.82 Å². The Labute approximate surface area is 152 Å². The predicted octanol–water partition coefficient (Wildman–Crippen LogP) is 3.92. The normalized spacial score (nSPS) is 10.7. The number of hydrogen-bond donors (Lipinski definition) is 1. The van der Waals surface area contributed by atoms with Crippen molar-refractivity contribution in [2.75, 3.05) is 13.2 Å². The van der Waals surface area contributed by atoms with Gasteiger partial charge in [-0.2, -0.15) is 5.10 Å². The summed E-state index contributed by atoms with van der Waals surface area (Å²) < 4.78 is 23.6. The number of benzene rings is 2. The quantitative estimate of drug-likeness (QED) is 0.398. The predicted molar refractivity (Wildman–Crippen MR) is 99.1 cm³/mol. The number of carbonyl (C=O) groups is 1. The number of nitrogens with one attached hydrogen (secondary N) is 1. The number of halogens is 1. The number of amides is 1. The fourth-order valence-electron chi connectivity index (χ4n) is 2.08. The summed E-state index contributed by atoms with van der Waals surface area (Å²) >= 11 is 0. The minimum Gasteiger partial charge on any atom is -0.494 e. The summed E-state index contributed by atoms with van der Waals surface area (Å²) in [5.74, 6) is 0.472. The van der Waals surface area contributed by atoms with E-state index in [0.29, 0.717) is 12.4 Å². The Balaban J connectivity index is 1.70. The van der Waals surface area contributed by atoms with Crippen molar-refractivity contribution in [2.24, 2.45) is 5.10 Å². The molecule has 138 valence electrons. The van der Waals surface area contributed by atoms with Crippen molar-refractivity contribution in [3.8, 4) is 11.5 Å². The molecule has 0 atom stereocenters. The number of ether oxygens (including phenoxy) is 2. The van der Waals surface area contributed by atoms with Crippen LogP contribution in [0.1, 0.15) is 31.7 Å². The van der Waals surface area contributed by atoms with Crippen molar-refractivity contribution < 1.29 is 18.7 Å². The van der Waals surface area contributed by atoms with Crippen LogP contribution < -0.4 is 14.9 Å². The number of unbranched alkanes of at least 4 members (excludes halogenated alkanes) is 2. The molecule has 0 aliphatic rings. The van der Waals surface area contributed by atoms with E-state index in [1.54, 1.807) is 0 Å². The van der Waals surface area contributed by atoms with Gasteiger partial charge in [-0.15, -0.1) is 0 Å². The largest absolute Gasteiger partial charge is 0.494 e. The van der Waals surface area contributed by atoms with Crippen molar-refractivity contribution in [1.29, 1.82) is 0 Å². The van der Waals surface area contributed by atoms with Gasteiger partial charge in [-0.1, -0.05) is 19.8 Å². The molecule has 0 aliphatic carbocycles. The first kappa shape index (κ1) is 19.4. The lowest BCUT2D eigenvalue weighted by Crippen LogP contribution is -2.24. The Morgan fingerprint density at radius 2 is 1.69 bits per heavy atom. The third-order valence-corrected chi connectivity index (χ3v) is 3.48. The van der Waals surface area contributed by atoms with Gasteiger partial charge in [-0.05, 0) is 60.5 Å². The van der Waals surface area contributed by atoms with Gasteiger partial charge in [0.25, 0.3) is 5.91 Å². The van der Waals surface area contributed by atoms with Crippen LogP contribution in [0.25, 0.3) is 0 Å². The van der Waals surface area contributed by atoms with Gasteiger partial charge in [0.05, 0.1) is 12.8 Å². The van der Waals surface area contributed by atoms with Crippen LogP contribution in [0.4, 0.5) is 4.39 Å². The standard InChI is InChI=1S/C20H23FN2O3/c1-2-3-4-13-25-18-9-5-16(6-10-18)14-22-23-20(24)15-26-19-11-7-17(21)8-12-19/h5-12,14H,2-4,13,15H2,1H3,(H,23,24)/b22-14-. The Morgan fingerprint density at radius 1 is 1.04 bits per heavy atom. The molecule has 2 aromatic carbocycles. The lowest BCUT2D eigenvalue weighted by molar-refractivity contribution is -0.123. The lowest BCUT2D eigenvalue weighted by Gasteiger charge is -2.06. The van der Waals surface area contributed by atoms with Crippen molar-refractivity contribution in [1.82, 2.24) is 5.43 Å². The summed E-state index contributed by atoms with van der Waals surface area (Å²) in [7, 11) is 0. The second-order valence-electron chi connectivity index (χ2n) is 5.66. The van der Waals surface area contributed by atoms with Crippen LogP contribution in [-0.4, -0.2) is 25.3 Å². The average Bonchev–Trinajstić information content (AvgIpc) is 2.66. The van der Waals surface area contributed by atoms with Crippen molar-refractivity contribution in [3.63, 3.8) is 0 Å². The fourth-order valence-corrected chi connectivity index (χ4v) is 2.08. The lowest BCUT2D eigenvalue weighted by atomic mass is 10.2. The van der Waals surface area contributed by atoms with Gasteiger partial charge in [0.1, 0.15) is 17.3 Å². The Morgan fingerprint density at radius 3 is 2.38 bits per heavy atom. The van der Waals surface area contributed by atoms with E-state index in [9.17, 15) is 9.18 Å². The number of rotatable bonds is 10. The van der Waals surface area contributed by atoms with Crippen LogP contribution >= 0.6 is 0 Å². The molecule has 26 heavy (non-hydrogen) atoms. The second-order valence-corrected chi connectivity index (χ2v) is 5.66. The van der Waals surface area contributed by atoms with E-state index in [1.807, 2.05) is 24.3 Å². The van der Waals surface area contributed by atoms with Crippen molar-refractivity contribution >= 4 is 12.1 Å². The smallest absolute Gasteiger partial charge is 0.277 e. The number of carbonyl (C=O) groups excluding carboxylic acids is 1. The van der Waals surface area contributed by atoms with Crippen molar-refractivity contribution in [2.45, 2.75) is 26.2 Å². The summed E-state index contributed by atoms with van der Waals surface area (Å²) in [6, 6.07) is 12.9. The molecule has 0 aliphatic heterocycles. The third kappa shape index (κ3) is 7.34. The summed E-state index contributed by atoms with van der Waals surface area (Å²) in [5, 5.41) is 3.88. The van der Waals surface area contributed by atoms with Gasteiger partial charge in [0.2, 0.25) is 0 Å². The van der Waals surface area contributed by atoms with E-state index in [4.69, 9.17) is 9.47 Å². The molecule has 0 aromatic heterocycles. The maximum atomic E-state index is 12.8. The van der Waals surface area contributed by atoms with E-state index in [1.165, 1.54) is 36.9 Å². The number of hydrazone groups is 1. The molecule has 1 amide bonds. The highest BCUT2D eigenvalue weighted by atomic mass is 19.1. The zero-order valence-electron chi connectivity index (χ0n) is 14.8. The van der Waals surface area contributed by atoms with Crippen LogP contribution in [-0.2, 0) is 4.79 Å². The molecule has 0 heterocycles. The van der Waals surface area contributed by atoms with Gasteiger partial charge in [-0.25, -0.2) is 9.82 Å². The molecule has 1 N–H and O–H groups in total.